The van der Waals surface area contributed by atoms with Gasteiger partial charge in [-0.25, -0.2) is 9.18 Å². The second-order valence-electron chi connectivity index (χ2n) is 6.19. The van der Waals surface area contributed by atoms with Crippen LogP contribution in [0.5, 0.6) is 0 Å². The fourth-order valence-corrected chi connectivity index (χ4v) is 2.71. The minimum atomic E-state index is -0.420. The lowest BCUT2D eigenvalue weighted by Crippen LogP contribution is -2.20. The van der Waals surface area contributed by atoms with Crippen LogP contribution in [0.3, 0.4) is 0 Å². The molecule has 0 fully saturated rings. The largest absolute Gasteiger partial charge is 0.323 e. The summed E-state index contributed by atoms with van der Waals surface area (Å²) < 4.78 is 14.0. The van der Waals surface area contributed by atoms with Gasteiger partial charge in [0, 0.05) is 11.3 Å². The third kappa shape index (κ3) is 4.97. The lowest BCUT2D eigenvalue weighted by Gasteiger charge is -2.09. The molecule has 0 saturated heterocycles. The van der Waals surface area contributed by atoms with E-state index in [2.05, 4.69) is 35.0 Å². The third-order valence-corrected chi connectivity index (χ3v) is 4.14. The number of benzene rings is 2. The van der Waals surface area contributed by atoms with Crippen LogP contribution in [0, 0.1) is 5.82 Å². The Morgan fingerprint density at radius 1 is 1.15 bits per heavy atom. The number of carbonyl (C=O) groups excluding carboxylic acids is 1. The highest BCUT2D eigenvalue weighted by Gasteiger charge is 2.14. The Balaban J connectivity index is 1.62. The summed E-state index contributed by atoms with van der Waals surface area (Å²) in [6.07, 6.45) is 4.83. The quantitative estimate of drug-likeness (QED) is 0.430. The van der Waals surface area contributed by atoms with Gasteiger partial charge in [-0.05, 0) is 24.3 Å². The number of nitrogens with zero attached hydrogens (tertiary/aromatic N) is 1. The molecule has 0 bridgehead atoms. The summed E-state index contributed by atoms with van der Waals surface area (Å²) in [6.45, 7) is 2.16. The van der Waals surface area contributed by atoms with Crippen LogP contribution >= 0.6 is 0 Å². The van der Waals surface area contributed by atoms with Crippen molar-refractivity contribution < 1.29 is 9.18 Å². The molecule has 1 aromatic heterocycles. The van der Waals surface area contributed by atoms with E-state index in [1.165, 1.54) is 18.7 Å². The van der Waals surface area contributed by atoms with Gasteiger partial charge in [0.2, 0.25) is 0 Å². The van der Waals surface area contributed by atoms with Gasteiger partial charge in [0.25, 0.3) is 0 Å². The molecule has 1 heterocycles. The normalized spacial score (nSPS) is 10.4. The predicted octanol–water partition coefficient (Wildman–Crippen LogP) is 4.41. The highest BCUT2D eigenvalue weighted by atomic mass is 19.1. The third-order valence-electron chi connectivity index (χ3n) is 4.14. The number of urea groups is 1. The van der Waals surface area contributed by atoms with Gasteiger partial charge in [0.1, 0.15) is 5.82 Å². The molecule has 0 aliphatic rings. The number of aromatic amines is 1. The van der Waals surface area contributed by atoms with Gasteiger partial charge in [-0.15, -0.1) is 0 Å². The molecular weight excluding hydrogens is 342 g/mol. The smallest absolute Gasteiger partial charge is 0.308 e. The van der Waals surface area contributed by atoms with Gasteiger partial charge in [0.15, 0.2) is 7.28 Å². The summed E-state index contributed by atoms with van der Waals surface area (Å²) in [4.78, 5) is 12.3. The standard InChI is InChI=1S/C20H21BFN4O/c1-2-3-12-21-14-8-10-15(11-9-14)24-20(27)25-18-13-23-26-19(18)16-6-4-5-7-17(16)22/h4-11,13H,2-3,12H2,1H3,(H,23,26)(H2,24,25,27). The maximum Gasteiger partial charge on any atom is 0.323 e. The summed E-state index contributed by atoms with van der Waals surface area (Å²) in [6, 6.07) is 13.5. The first-order valence-electron chi connectivity index (χ1n) is 8.97. The molecule has 137 valence electrons. The molecule has 0 unspecified atom stereocenters. The number of hydrogen-bond donors (Lipinski definition) is 3. The van der Waals surface area contributed by atoms with Crippen LogP contribution in [0.25, 0.3) is 11.3 Å². The maximum absolute atomic E-state index is 14.0. The Morgan fingerprint density at radius 2 is 1.93 bits per heavy atom. The van der Waals surface area contributed by atoms with Gasteiger partial charge < -0.3 is 10.6 Å². The molecule has 2 amide bonds. The predicted molar refractivity (Wildman–Crippen MR) is 108 cm³/mol. The molecule has 3 aromatic rings. The van der Waals surface area contributed by atoms with E-state index < -0.39 is 6.03 Å². The molecular formula is C20H21BFN4O. The number of amides is 2. The van der Waals surface area contributed by atoms with Crippen LogP contribution < -0.4 is 16.1 Å². The number of carbonyl (C=O) groups is 1. The first kappa shape index (κ1) is 18.7. The molecule has 0 spiro atoms. The van der Waals surface area contributed by atoms with Crippen LogP contribution in [0.1, 0.15) is 19.8 Å². The number of unbranched alkanes of at least 4 members (excludes halogenated alkanes) is 1. The molecule has 0 aliphatic heterocycles. The lowest BCUT2D eigenvalue weighted by atomic mass is 9.66. The van der Waals surface area contributed by atoms with Crippen molar-refractivity contribution in [2.75, 3.05) is 10.6 Å². The average molecular weight is 363 g/mol. The van der Waals surface area contributed by atoms with E-state index in [1.807, 2.05) is 24.3 Å². The molecule has 27 heavy (non-hydrogen) atoms. The molecule has 1 radical (unpaired) electrons. The summed E-state index contributed by atoms with van der Waals surface area (Å²) in [5.74, 6) is -0.389. The van der Waals surface area contributed by atoms with E-state index in [1.54, 1.807) is 18.2 Å². The summed E-state index contributed by atoms with van der Waals surface area (Å²) in [5.41, 5.74) is 2.98. The number of H-pyrrole nitrogens is 1. The second kappa shape index (κ2) is 9.03. The molecule has 0 aliphatic carbocycles. The van der Waals surface area contributed by atoms with Gasteiger partial charge in [0.05, 0.1) is 17.6 Å². The highest BCUT2D eigenvalue weighted by molar-refractivity contribution is 6.53. The van der Waals surface area contributed by atoms with E-state index >= 15 is 0 Å². The molecule has 0 atom stereocenters. The average Bonchev–Trinajstić information content (AvgIpc) is 3.11. The number of nitrogens with one attached hydrogen (secondary N) is 3. The van der Waals surface area contributed by atoms with E-state index in [0.717, 1.165) is 18.2 Å². The monoisotopic (exact) mass is 363 g/mol. The van der Waals surface area contributed by atoms with Crippen LogP contribution in [-0.4, -0.2) is 23.5 Å². The van der Waals surface area contributed by atoms with E-state index in [0.29, 0.717) is 22.6 Å². The van der Waals surface area contributed by atoms with Gasteiger partial charge in [-0.1, -0.05) is 55.8 Å². The summed E-state index contributed by atoms with van der Waals surface area (Å²) >= 11 is 0. The Kier molecular flexibility index (Phi) is 6.25. The number of aromatic nitrogens is 2. The fraction of sp³-hybridized carbons (Fsp3) is 0.200. The zero-order valence-electron chi connectivity index (χ0n) is 15.1. The van der Waals surface area contributed by atoms with Crippen molar-refractivity contribution in [2.24, 2.45) is 0 Å². The second-order valence-corrected chi connectivity index (χ2v) is 6.19. The number of rotatable bonds is 7. The number of anilines is 2. The van der Waals surface area contributed by atoms with Gasteiger partial charge in [-0.3, -0.25) is 5.10 Å². The van der Waals surface area contributed by atoms with Crippen LogP contribution in [0.2, 0.25) is 6.32 Å². The molecule has 0 saturated carbocycles. The van der Waals surface area contributed by atoms with Gasteiger partial charge >= 0.3 is 6.03 Å². The van der Waals surface area contributed by atoms with Crippen molar-refractivity contribution in [3.63, 3.8) is 0 Å². The van der Waals surface area contributed by atoms with Crippen LogP contribution in [0.15, 0.2) is 54.7 Å². The topological polar surface area (TPSA) is 69.8 Å². The fourth-order valence-electron chi connectivity index (χ4n) is 2.71. The van der Waals surface area contributed by atoms with E-state index in [9.17, 15) is 9.18 Å². The summed E-state index contributed by atoms with van der Waals surface area (Å²) in [5, 5.41) is 12.1. The minimum Gasteiger partial charge on any atom is -0.308 e. The Bertz CT molecular complexity index is 895. The van der Waals surface area contributed by atoms with Gasteiger partial charge in [-0.2, -0.15) is 5.10 Å². The maximum atomic E-state index is 14.0. The zero-order chi connectivity index (χ0) is 19.1. The van der Waals surface area contributed by atoms with Crippen molar-refractivity contribution in [2.45, 2.75) is 26.1 Å². The SMILES string of the molecule is CCCC[B]c1ccc(NC(=O)Nc2cn[nH]c2-c2ccccc2F)cc1. The van der Waals surface area contributed by atoms with Crippen molar-refractivity contribution in [1.29, 1.82) is 0 Å². The highest BCUT2D eigenvalue weighted by Crippen LogP contribution is 2.27. The molecule has 5 nitrogen and oxygen atoms in total. The van der Waals surface area contributed by atoms with Crippen molar-refractivity contribution in [1.82, 2.24) is 10.2 Å². The first-order valence-corrected chi connectivity index (χ1v) is 8.97. The Morgan fingerprint density at radius 3 is 2.67 bits per heavy atom. The number of hydrogen-bond acceptors (Lipinski definition) is 2. The number of halogens is 1. The Labute approximate surface area is 158 Å². The molecule has 7 heteroatoms. The summed E-state index contributed by atoms with van der Waals surface area (Å²) in [7, 11) is 2.18. The first-order chi connectivity index (χ1) is 13.2. The van der Waals surface area contributed by atoms with Crippen molar-refractivity contribution >= 4 is 30.1 Å². The van der Waals surface area contributed by atoms with Crippen LogP contribution in [0.4, 0.5) is 20.6 Å². The Hall–Kier alpha value is -3.09. The molecule has 2 aromatic carbocycles. The minimum absolute atomic E-state index is 0.345. The van der Waals surface area contributed by atoms with E-state index in [-0.39, 0.29) is 5.82 Å². The van der Waals surface area contributed by atoms with Crippen molar-refractivity contribution in [3.8, 4) is 11.3 Å². The molecule has 3 N–H and O–H groups in total. The lowest BCUT2D eigenvalue weighted by molar-refractivity contribution is 0.262. The molecule has 3 rings (SSSR count). The van der Waals surface area contributed by atoms with Crippen LogP contribution in [-0.2, 0) is 0 Å². The van der Waals surface area contributed by atoms with E-state index in [4.69, 9.17) is 0 Å². The van der Waals surface area contributed by atoms with Crippen molar-refractivity contribution in [3.05, 3.63) is 60.5 Å². The zero-order valence-corrected chi connectivity index (χ0v) is 15.1.